The van der Waals surface area contributed by atoms with Gasteiger partial charge in [0.25, 0.3) is 0 Å². The van der Waals surface area contributed by atoms with Crippen molar-refractivity contribution in [1.29, 1.82) is 0 Å². The normalized spacial score (nSPS) is 20.4. The number of carbonyl (C=O) groups is 1. The van der Waals surface area contributed by atoms with Crippen LogP contribution in [0.25, 0.3) is 6.08 Å². The summed E-state index contributed by atoms with van der Waals surface area (Å²) < 4.78 is 33.9. The average Bonchev–Trinajstić information content (AvgIpc) is 2.92. The van der Waals surface area contributed by atoms with E-state index in [0.29, 0.717) is 19.0 Å². The fourth-order valence-electron chi connectivity index (χ4n) is 5.79. The number of carbonyl (C=O) groups excluding carboxylic acids is 1. The van der Waals surface area contributed by atoms with Crippen molar-refractivity contribution in [2.75, 3.05) is 13.1 Å². The maximum atomic E-state index is 15.6. The fourth-order valence-corrected chi connectivity index (χ4v) is 10.5. The summed E-state index contributed by atoms with van der Waals surface area (Å²) in [7, 11) is 0. The SMILES string of the molecule is CCCC[C](CCCC)(CCCC)[Sn]/[C](F)=C/c1ccnc(OC2CC(OC3CCN(C(=O)OC(C)(C)C)CC3)C2)c1. The number of halogens is 1. The van der Waals surface area contributed by atoms with Gasteiger partial charge in [0.1, 0.15) is 5.60 Å². The Labute approximate surface area is 264 Å². The molecule has 0 atom stereocenters. The second-order valence-corrected chi connectivity index (χ2v) is 18.4. The summed E-state index contributed by atoms with van der Waals surface area (Å²) in [4.78, 5) is 18.5. The van der Waals surface area contributed by atoms with Crippen LogP contribution in [-0.2, 0) is 9.47 Å². The number of pyridine rings is 1. The van der Waals surface area contributed by atoms with Crippen LogP contribution in [0.15, 0.2) is 22.2 Å². The fraction of sp³-hybridized carbons (Fsp3) is 0.765. The van der Waals surface area contributed by atoms with Gasteiger partial charge in [0.2, 0.25) is 0 Å². The maximum absolute atomic E-state index is 15.6. The number of likely N-dealkylation sites (tertiary alicyclic amines) is 1. The van der Waals surface area contributed by atoms with Gasteiger partial charge in [-0.1, -0.05) is 0 Å². The molecule has 2 radical (unpaired) electrons. The quantitative estimate of drug-likeness (QED) is 0.162. The van der Waals surface area contributed by atoms with E-state index in [2.05, 4.69) is 25.8 Å². The molecule has 42 heavy (non-hydrogen) atoms. The molecule has 6 nitrogen and oxygen atoms in total. The van der Waals surface area contributed by atoms with Crippen molar-refractivity contribution >= 4 is 33.3 Å². The van der Waals surface area contributed by atoms with Crippen molar-refractivity contribution in [2.45, 2.75) is 152 Å². The summed E-state index contributed by atoms with van der Waals surface area (Å²) >= 11 is -1.39. The molecule has 2 fully saturated rings. The van der Waals surface area contributed by atoms with Gasteiger partial charge in [-0.3, -0.25) is 0 Å². The topological polar surface area (TPSA) is 60.9 Å². The van der Waals surface area contributed by atoms with E-state index in [1.807, 2.05) is 32.9 Å². The zero-order valence-corrected chi connectivity index (χ0v) is 29.9. The van der Waals surface area contributed by atoms with E-state index in [0.717, 1.165) is 31.2 Å². The molecule has 1 saturated heterocycles. The van der Waals surface area contributed by atoms with Crippen molar-refractivity contribution in [3.05, 3.63) is 27.7 Å². The van der Waals surface area contributed by atoms with Crippen molar-refractivity contribution in [2.24, 2.45) is 0 Å². The molecule has 1 aromatic heterocycles. The second kappa shape index (κ2) is 17.2. The zero-order chi connectivity index (χ0) is 30.6. The standard InChI is InChI=1S/C21H28FN2O4.C13H27.Sn/c1-21(2,3)28-20(25)24-10-6-16(7-11-24)26-17-13-18(14-17)27-19-12-15(4-8-22)5-9-23-19;1-4-7-10-13(11-8-5-2)12-9-6-3;/h4-5,9,12,16-18H,6-7,10-11,13-14H2,1-3H3;4-12H2,1-3H3;. The molecule has 2 aliphatic rings. The van der Waals surface area contributed by atoms with Gasteiger partial charge in [0.15, 0.2) is 0 Å². The first-order valence-corrected chi connectivity index (χ1v) is 19.3. The number of ether oxygens (including phenoxy) is 3. The Morgan fingerprint density at radius 1 is 1.00 bits per heavy atom. The van der Waals surface area contributed by atoms with Crippen LogP contribution in [0.5, 0.6) is 5.88 Å². The average molecular weight is 694 g/mol. The molecule has 236 valence electrons. The molecule has 1 aromatic rings. The Morgan fingerprint density at radius 3 is 2.14 bits per heavy atom. The molecule has 2 heterocycles. The van der Waals surface area contributed by atoms with E-state index < -0.39 is 26.7 Å². The van der Waals surface area contributed by atoms with Crippen LogP contribution in [0.4, 0.5) is 9.18 Å². The second-order valence-electron chi connectivity index (χ2n) is 13.3. The van der Waals surface area contributed by atoms with Crippen molar-refractivity contribution < 1.29 is 23.4 Å². The van der Waals surface area contributed by atoms with E-state index in [1.165, 1.54) is 57.8 Å². The van der Waals surface area contributed by atoms with Gasteiger partial charge < -0.3 is 9.64 Å². The number of rotatable bonds is 16. The van der Waals surface area contributed by atoms with Crippen LogP contribution >= 0.6 is 0 Å². The Balaban J connectivity index is 1.47. The van der Waals surface area contributed by atoms with Crippen LogP contribution in [0.2, 0.25) is 3.43 Å². The first-order valence-electron chi connectivity index (χ1n) is 16.5. The Hall–Kier alpha value is -1.35. The third-order valence-electron chi connectivity index (χ3n) is 8.28. The third-order valence-corrected chi connectivity index (χ3v) is 13.0. The predicted molar refractivity (Wildman–Crippen MR) is 170 cm³/mol. The van der Waals surface area contributed by atoms with Crippen LogP contribution in [0.1, 0.15) is 131 Å². The predicted octanol–water partition coefficient (Wildman–Crippen LogP) is 9.11. The summed E-state index contributed by atoms with van der Waals surface area (Å²) in [6.45, 7) is 13.7. The van der Waals surface area contributed by atoms with Crippen LogP contribution in [0, 0.1) is 0 Å². The number of hydrogen-bond acceptors (Lipinski definition) is 5. The number of aromatic nitrogens is 1. The molecule has 0 aromatic carbocycles. The zero-order valence-electron chi connectivity index (χ0n) is 27.1. The number of unbranched alkanes of at least 4 members (excludes halogenated alkanes) is 3. The van der Waals surface area contributed by atoms with Crippen LogP contribution < -0.4 is 4.74 Å². The summed E-state index contributed by atoms with van der Waals surface area (Å²) in [5, 5.41) is 0. The summed E-state index contributed by atoms with van der Waals surface area (Å²) in [5.74, 6) is 0.560. The van der Waals surface area contributed by atoms with Crippen molar-refractivity contribution in [1.82, 2.24) is 9.88 Å². The molecule has 1 amide bonds. The summed E-state index contributed by atoms with van der Waals surface area (Å²) in [6.07, 6.45) is 17.6. The Kier molecular flexibility index (Phi) is 14.4. The molecule has 0 N–H and O–H groups in total. The Morgan fingerprint density at radius 2 is 1.60 bits per heavy atom. The Bertz CT molecular complexity index is 962. The van der Waals surface area contributed by atoms with E-state index in [9.17, 15) is 4.79 Å². The molecule has 8 heteroatoms. The van der Waals surface area contributed by atoms with E-state index in [-0.39, 0.29) is 31.7 Å². The first-order chi connectivity index (χ1) is 20.0. The number of piperidine rings is 1. The van der Waals surface area contributed by atoms with Crippen molar-refractivity contribution in [3.63, 3.8) is 0 Å². The van der Waals surface area contributed by atoms with Gasteiger partial charge in [-0.25, -0.2) is 4.79 Å². The van der Waals surface area contributed by atoms with Crippen molar-refractivity contribution in [3.8, 4) is 5.88 Å². The number of amides is 1. The minimum atomic E-state index is -1.39. The molecular formula is C34H55FN2O4Sn. The van der Waals surface area contributed by atoms with E-state index in [1.54, 1.807) is 17.2 Å². The molecule has 0 bridgehead atoms. The van der Waals surface area contributed by atoms with Gasteiger partial charge in [-0.2, -0.15) is 0 Å². The molecule has 1 aliphatic heterocycles. The number of hydrogen-bond donors (Lipinski definition) is 0. The van der Waals surface area contributed by atoms with E-state index in [4.69, 9.17) is 14.2 Å². The van der Waals surface area contributed by atoms with Gasteiger partial charge in [0, 0.05) is 13.1 Å². The molecule has 0 spiro atoms. The molecule has 0 unspecified atom stereocenters. The molecule has 1 aliphatic carbocycles. The first kappa shape index (κ1) is 35.1. The third kappa shape index (κ3) is 12.0. The van der Waals surface area contributed by atoms with Gasteiger partial charge >= 0.3 is 212 Å². The molecule has 3 rings (SSSR count). The van der Waals surface area contributed by atoms with Crippen LogP contribution in [0.3, 0.4) is 0 Å². The summed E-state index contributed by atoms with van der Waals surface area (Å²) in [6, 6.07) is 3.76. The van der Waals surface area contributed by atoms with Crippen LogP contribution in [-0.4, -0.2) is 74.1 Å². The monoisotopic (exact) mass is 694 g/mol. The molecular weight excluding hydrogens is 638 g/mol. The van der Waals surface area contributed by atoms with Gasteiger partial charge in [-0.15, -0.1) is 0 Å². The minimum absolute atomic E-state index is 0.0645. The van der Waals surface area contributed by atoms with E-state index >= 15 is 4.39 Å². The van der Waals surface area contributed by atoms with Gasteiger partial charge in [-0.05, 0) is 20.8 Å². The molecule has 1 saturated carbocycles. The number of nitrogens with zero attached hydrogens (tertiary/aromatic N) is 2. The summed E-state index contributed by atoms with van der Waals surface area (Å²) in [5.41, 5.74) is 0.368. The van der Waals surface area contributed by atoms with Gasteiger partial charge in [0.05, 0.1) is 0 Å².